The van der Waals surface area contributed by atoms with E-state index in [1.807, 2.05) is 18.2 Å². The van der Waals surface area contributed by atoms with Crippen molar-refractivity contribution >= 4 is 35.7 Å². The van der Waals surface area contributed by atoms with E-state index in [2.05, 4.69) is 16.5 Å². The summed E-state index contributed by atoms with van der Waals surface area (Å²) in [5.74, 6) is 0.178. The average Bonchev–Trinajstić information content (AvgIpc) is 2.63. The second-order valence-corrected chi connectivity index (χ2v) is 7.34. The Morgan fingerprint density at radius 1 is 1.33 bits per heavy atom. The van der Waals surface area contributed by atoms with Crippen LogP contribution in [-0.2, 0) is 10.2 Å². The molecule has 1 aromatic carbocycles. The van der Waals surface area contributed by atoms with Gasteiger partial charge in [-0.25, -0.2) is 4.68 Å². The zero-order valence-corrected chi connectivity index (χ0v) is 16.7. The lowest BCUT2D eigenvalue weighted by Crippen LogP contribution is -2.41. The summed E-state index contributed by atoms with van der Waals surface area (Å²) in [6.07, 6.45) is 3.29. The molecule has 1 amide bonds. The Kier molecular flexibility index (Phi) is 7.03. The summed E-state index contributed by atoms with van der Waals surface area (Å²) in [5, 5.41) is 7.65. The summed E-state index contributed by atoms with van der Waals surface area (Å²) >= 11 is 6.16. The van der Waals surface area contributed by atoms with Gasteiger partial charge in [-0.1, -0.05) is 23.7 Å². The first-order valence-corrected chi connectivity index (χ1v) is 9.15. The fourth-order valence-corrected chi connectivity index (χ4v) is 3.95. The van der Waals surface area contributed by atoms with Crippen LogP contribution in [0, 0.1) is 0 Å². The molecule has 3 rings (SSSR count). The molecule has 0 aliphatic heterocycles. The van der Waals surface area contributed by atoms with Gasteiger partial charge in [-0.3, -0.25) is 9.59 Å². The molecule has 27 heavy (non-hydrogen) atoms. The Hall–Kier alpha value is -1.89. The van der Waals surface area contributed by atoms with E-state index in [0.717, 1.165) is 31.2 Å². The highest BCUT2D eigenvalue weighted by Gasteiger charge is 2.37. The van der Waals surface area contributed by atoms with Crippen LogP contribution >= 0.6 is 24.0 Å². The lowest BCUT2D eigenvalue weighted by molar-refractivity contribution is -0.114. The highest BCUT2D eigenvalue weighted by molar-refractivity contribution is 6.30. The molecule has 1 aromatic heterocycles. The molecule has 3 N–H and O–H groups in total. The summed E-state index contributed by atoms with van der Waals surface area (Å²) in [6.45, 7) is 1.95. The molecular formula is C19H24Cl2N4O2. The van der Waals surface area contributed by atoms with E-state index in [9.17, 15) is 9.59 Å². The highest BCUT2D eigenvalue weighted by atomic mass is 35.5. The molecule has 1 saturated carbocycles. The molecule has 0 spiro atoms. The minimum Gasteiger partial charge on any atom is -0.330 e. The third-order valence-electron chi connectivity index (χ3n) is 5.21. The van der Waals surface area contributed by atoms with Crippen LogP contribution in [0.4, 0.5) is 5.82 Å². The van der Waals surface area contributed by atoms with Crippen molar-refractivity contribution in [2.75, 3.05) is 11.9 Å². The zero-order valence-electron chi connectivity index (χ0n) is 15.2. The predicted octanol–water partition coefficient (Wildman–Crippen LogP) is 3.29. The molecule has 1 fully saturated rings. The maximum atomic E-state index is 12.2. The Bertz CT molecular complexity index is 861. The fourth-order valence-electron chi connectivity index (χ4n) is 3.76. The first-order chi connectivity index (χ1) is 12.4. The lowest BCUT2D eigenvalue weighted by atomic mass is 9.68. The number of hydrogen-bond acceptors (Lipinski definition) is 4. The predicted molar refractivity (Wildman–Crippen MR) is 110 cm³/mol. The van der Waals surface area contributed by atoms with Gasteiger partial charge in [0.2, 0.25) is 5.91 Å². The van der Waals surface area contributed by atoms with E-state index in [0.29, 0.717) is 17.4 Å². The van der Waals surface area contributed by atoms with Gasteiger partial charge < -0.3 is 11.1 Å². The summed E-state index contributed by atoms with van der Waals surface area (Å²) in [7, 11) is 0. The van der Waals surface area contributed by atoms with Crippen LogP contribution in [0.2, 0.25) is 5.02 Å². The Morgan fingerprint density at radius 2 is 2.04 bits per heavy atom. The van der Waals surface area contributed by atoms with Crippen molar-refractivity contribution in [3.8, 4) is 0 Å². The number of halogens is 2. The number of anilines is 1. The van der Waals surface area contributed by atoms with Crippen LogP contribution in [0.1, 0.15) is 44.2 Å². The molecule has 0 radical (unpaired) electrons. The van der Waals surface area contributed by atoms with Crippen LogP contribution in [0.5, 0.6) is 0 Å². The van der Waals surface area contributed by atoms with Crippen molar-refractivity contribution in [3.05, 3.63) is 57.3 Å². The number of rotatable bonds is 4. The van der Waals surface area contributed by atoms with Crippen LogP contribution in [0.25, 0.3) is 0 Å². The van der Waals surface area contributed by atoms with Gasteiger partial charge in [0.25, 0.3) is 5.56 Å². The minimum atomic E-state index is -0.213. The minimum absolute atomic E-state index is 0. The number of carbonyl (C=O) groups is 1. The first kappa shape index (κ1) is 21.4. The SMILES string of the molecule is CC(=O)Nc1ccc(=O)n([C@H]2CC[C@](CN)(c3cccc(Cl)c3)CC2)n1.Cl. The molecule has 8 heteroatoms. The number of benzene rings is 1. The third-order valence-corrected chi connectivity index (χ3v) is 5.45. The normalized spacial score (nSPS) is 22.0. The summed E-state index contributed by atoms with van der Waals surface area (Å²) in [6, 6.07) is 10.8. The number of carbonyl (C=O) groups excluding carboxylic acids is 1. The topological polar surface area (TPSA) is 90.0 Å². The largest absolute Gasteiger partial charge is 0.330 e. The van der Waals surface area contributed by atoms with Gasteiger partial charge in [-0.2, -0.15) is 5.10 Å². The van der Waals surface area contributed by atoms with Gasteiger partial charge in [0.1, 0.15) is 0 Å². The van der Waals surface area contributed by atoms with E-state index in [1.165, 1.54) is 23.7 Å². The van der Waals surface area contributed by atoms with E-state index in [1.54, 1.807) is 0 Å². The zero-order chi connectivity index (χ0) is 18.7. The van der Waals surface area contributed by atoms with Crippen molar-refractivity contribution < 1.29 is 4.79 Å². The Balaban J connectivity index is 0.00000261. The maximum Gasteiger partial charge on any atom is 0.267 e. The third kappa shape index (κ3) is 4.69. The Labute approximate surface area is 169 Å². The molecule has 1 heterocycles. The number of hydrogen-bond donors (Lipinski definition) is 2. The molecule has 6 nitrogen and oxygen atoms in total. The summed E-state index contributed by atoms with van der Waals surface area (Å²) in [4.78, 5) is 23.5. The monoisotopic (exact) mass is 410 g/mol. The second kappa shape index (κ2) is 8.87. The van der Waals surface area contributed by atoms with Crippen molar-refractivity contribution in [2.24, 2.45) is 5.73 Å². The first-order valence-electron chi connectivity index (χ1n) is 8.77. The second-order valence-electron chi connectivity index (χ2n) is 6.91. The number of aromatic nitrogens is 2. The number of amides is 1. The van der Waals surface area contributed by atoms with E-state index < -0.39 is 0 Å². The average molecular weight is 411 g/mol. The van der Waals surface area contributed by atoms with Gasteiger partial charge in [0.15, 0.2) is 5.82 Å². The fraction of sp³-hybridized carbons (Fsp3) is 0.421. The van der Waals surface area contributed by atoms with E-state index in [4.69, 9.17) is 17.3 Å². The van der Waals surface area contributed by atoms with E-state index in [-0.39, 0.29) is 35.3 Å². The number of nitrogens with zero attached hydrogens (tertiary/aromatic N) is 2. The Morgan fingerprint density at radius 3 is 2.63 bits per heavy atom. The number of nitrogens with two attached hydrogens (primary N) is 1. The smallest absolute Gasteiger partial charge is 0.267 e. The summed E-state index contributed by atoms with van der Waals surface area (Å²) in [5.41, 5.74) is 7.00. The van der Waals surface area contributed by atoms with Crippen LogP contribution < -0.4 is 16.6 Å². The molecule has 0 unspecified atom stereocenters. The molecule has 1 aliphatic rings. The van der Waals surface area contributed by atoms with Gasteiger partial charge in [-0.05, 0) is 49.4 Å². The van der Waals surface area contributed by atoms with Gasteiger partial charge in [-0.15, -0.1) is 12.4 Å². The van der Waals surface area contributed by atoms with Crippen molar-refractivity contribution in [2.45, 2.75) is 44.1 Å². The molecule has 1 aliphatic carbocycles. The van der Waals surface area contributed by atoms with Crippen LogP contribution in [0.3, 0.4) is 0 Å². The van der Waals surface area contributed by atoms with Gasteiger partial charge in [0, 0.05) is 30.0 Å². The van der Waals surface area contributed by atoms with Gasteiger partial charge >= 0.3 is 0 Å². The lowest BCUT2D eigenvalue weighted by Gasteiger charge is -2.40. The standard InChI is InChI=1S/C19H23ClN4O2.ClH/c1-13(25)22-17-5-6-18(26)24(23-17)16-7-9-19(12-21,10-8-16)14-3-2-4-15(20)11-14;/h2-6,11,16H,7-10,12,21H2,1H3,(H,22,23,25);1H/t16-,19-;. The van der Waals surface area contributed by atoms with Crippen molar-refractivity contribution in [1.29, 1.82) is 0 Å². The highest BCUT2D eigenvalue weighted by Crippen LogP contribution is 2.42. The van der Waals surface area contributed by atoms with E-state index >= 15 is 0 Å². The molecule has 2 aromatic rings. The van der Waals surface area contributed by atoms with Crippen LogP contribution in [0.15, 0.2) is 41.2 Å². The molecule has 0 saturated heterocycles. The molecular weight excluding hydrogens is 387 g/mol. The summed E-state index contributed by atoms with van der Waals surface area (Å²) < 4.78 is 1.49. The molecule has 0 bridgehead atoms. The van der Waals surface area contributed by atoms with Crippen molar-refractivity contribution in [3.63, 3.8) is 0 Å². The van der Waals surface area contributed by atoms with Crippen molar-refractivity contribution in [1.82, 2.24) is 9.78 Å². The maximum absolute atomic E-state index is 12.2. The van der Waals surface area contributed by atoms with Crippen LogP contribution in [-0.4, -0.2) is 22.2 Å². The number of nitrogens with one attached hydrogen (secondary N) is 1. The molecule has 146 valence electrons. The quantitative estimate of drug-likeness (QED) is 0.808. The van der Waals surface area contributed by atoms with Gasteiger partial charge in [0.05, 0.1) is 6.04 Å². The molecule has 0 atom stereocenters.